The number of methoxy groups -OCH3 is 1. The van der Waals surface area contributed by atoms with Crippen LogP contribution >= 0.6 is 0 Å². The minimum absolute atomic E-state index is 0.0700. The molecule has 2 atom stereocenters. The van der Waals surface area contributed by atoms with Crippen LogP contribution in [-0.4, -0.2) is 25.2 Å². The van der Waals surface area contributed by atoms with Gasteiger partial charge in [-0.05, 0) is 31.9 Å². The van der Waals surface area contributed by atoms with Crippen LogP contribution in [-0.2, 0) is 4.79 Å². The van der Waals surface area contributed by atoms with Gasteiger partial charge in [0.05, 0.1) is 7.11 Å². The van der Waals surface area contributed by atoms with E-state index in [1.807, 2.05) is 38.1 Å². The number of carbonyl (C=O) groups excluding carboxylic acids is 1. The molecule has 1 aromatic carbocycles. The number of benzene rings is 1. The Bertz CT molecular complexity index is 420. The number of nitrogens with one attached hydrogen (secondary N) is 1. The fourth-order valence-corrected chi connectivity index (χ4v) is 2.03. The molecule has 0 aliphatic carbocycles. The third-order valence-corrected chi connectivity index (χ3v) is 3.11. The zero-order chi connectivity index (χ0) is 15.0. The van der Waals surface area contributed by atoms with Crippen molar-refractivity contribution in [2.45, 2.75) is 52.2 Å². The lowest BCUT2D eigenvalue weighted by atomic mass is 10.1. The second kappa shape index (κ2) is 8.46. The van der Waals surface area contributed by atoms with Crippen molar-refractivity contribution in [3.8, 4) is 11.5 Å². The molecule has 0 saturated carbocycles. The average Bonchev–Trinajstić information content (AvgIpc) is 2.45. The van der Waals surface area contributed by atoms with Crippen LogP contribution in [0.25, 0.3) is 0 Å². The molecule has 0 fully saturated rings. The Kier molecular flexibility index (Phi) is 6.91. The van der Waals surface area contributed by atoms with Crippen LogP contribution in [0.2, 0.25) is 0 Å². The minimum Gasteiger partial charge on any atom is -0.493 e. The van der Waals surface area contributed by atoms with Gasteiger partial charge in [-0.1, -0.05) is 32.4 Å². The number of hydrogen-bond donors (Lipinski definition) is 1. The molecule has 1 N–H and O–H groups in total. The predicted molar refractivity (Wildman–Crippen MR) is 80.2 cm³/mol. The summed E-state index contributed by atoms with van der Waals surface area (Å²) in [5.41, 5.74) is 0. The molecule has 4 nitrogen and oxygen atoms in total. The highest BCUT2D eigenvalue weighted by Crippen LogP contribution is 2.27. The van der Waals surface area contributed by atoms with E-state index >= 15 is 0 Å². The first-order chi connectivity index (χ1) is 9.62. The van der Waals surface area contributed by atoms with Crippen LogP contribution < -0.4 is 14.8 Å². The molecule has 0 radical (unpaired) electrons. The first-order valence-corrected chi connectivity index (χ1v) is 7.22. The van der Waals surface area contributed by atoms with E-state index in [4.69, 9.17) is 9.47 Å². The van der Waals surface area contributed by atoms with Crippen LogP contribution in [0.3, 0.4) is 0 Å². The monoisotopic (exact) mass is 279 g/mol. The Morgan fingerprint density at radius 2 is 1.90 bits per heavy atom. The van der Waals surface area contributed by atoms with Crippen molar-refractivity contribution >= 4 is 5.91 Å². The van der Waals surface area contributed by atoms with Gasteiger partial charge in [-0.25, -0.2) is 0 Å². The number of ether oxygens (including phenoxy) is 2. The maximum atomic E-state index is 12.2. The lowest BCUT2D eigenvalue weighted by Crippen LogP contribution is -2.42. The van der Waals surface area contributed by atoms with E-state index in [1.165, 1.54) is 0 Å². The number of hydrogen-bond acceptors (Lipinski definition) is 3. The standard InChI is InChI=1S/C16H25NO3/c1-5-9-12(3)17-16(18)13(6-2)20-15-11-8-7-10-14(15)19-4/h7-8,10-13H,5-6,9H2,1-4H3,(H,17,18)/t12-,13-/m1/s1. The summed E-state index contributed by atoms with van der Waals surface area (Å²) < 4.78 is 11.0. The van der Waals surface area contributed by atoms with Crippen molar-refractivity contribution in [3.05, 3.63) is 24.3 Å². The zero-order valence-electron chi connectivity index (χ0n) is 12.8. The van der Waals surface area contributed by atoms with Gasteiger partial charge in [0.1, 0.15) is 0 Å². The van der Waals surface area contributed by atoms with Crippen molar-refractivity contribution in [2.24, 2.45) is 0 Å². The van der Waals surface area contributed by atoms with Gasteiger partial charge in [0.15, 0.2) is 17.6 Å². The smallest absolute Gasteiger partial charge is 0.261 e. The van der Waals surface area contributed by atoms with Crippen LogP contribution in [0, 0.1) is 0 Å². The summed E-state index contributed by atoms with van der Waals surface area (Å²) in [4.78, 5) is 12.2. The molecule has 1 rings (SSSR count). The Hall–Kier alpha value is -1.71. The van der Waals surface area contributed by atoms with E-state index in [1.54, 1.807) is 7.11 Å². The molecule has 0 heterocycles. The zero-order valence-corrected chi connectivity index (χ0v) is 12.8. The topological polar surface area (TPSA) is 47.6 Å². The number of para-hydroxylation sites is 2. The van der Waals surface area contributed by atoms with Crippen molar-refractivity contribution in [1.29, 1.82) is 0 Å². The highest BCUT2D eigenvalue weighted by Gasteiger charge is 2.21. The lowest BCUT2D eigenvalue weighted by Gasteiger charge is -2.21. The first-order valence-electron chi connectivity index (χ1n) is 7.22. The first kappa shape index (κ1) is 16.3. The van der Waals surface area contributed by atoms with Crippen molar-refractivity contribution in [2.75, 3.05) is 7.11 Å². The van der Waals surface area contributed by atoms with Crippen LogP contribution in [0.15, 0.2) is 24.3 Å². The average molecular weight is 279 g/mol. The van der Waals surface area contributed by atoms with Gasteiger partial charge in [0, 0.05) is 6.04 Å². The minimum atomic E-state index is -0.495. The van der Waals surface area contributed by atoms with Crippen LogP contribution in [0.5, 0.6) is 11.5 Å². The molecule has 0 unspecified atom stereocenters. The molecular weight excluding hydrogens is 254 g/mol. The molecule has 0 saturated heterocycles. The maximum absolute atomic E-state index is 12.2. The molecular formula is C16H25NO3. The Balaban J connectivity index is 2.68. The number of carbonyl (C=O) groups is 1. The summed E-state index contributed by atoms with van der Waals surface area (Å²) in [6.07, 6.45) is 2.14. The summed E-state index contributed by atoms with van der Waals surface area (Å²) in [6, 6.07) is 7.53. The largest absolute Gasteiger partial charge is 0.493 e. The molecule has 1 aromatic rings. The summed E-state index contributed by atoms with van der Waals surface area (Å²) in [6.45, 7) is 6.05. The third kappa shape index (κ3) is 4.76. The van der Waals surface area contributed by atoms with Gasteiger partial charge in [-0.15, -0.1) is 0 Å². The van der Waals surface area contributed by atoms with Crippen molar-refractivity contribution < 1.29 is 14.3 Å². The summed E-state index contributed by atoms with van der Waals surface area (Å²) in [5.74, 6) is 1.17. The normalized spacial score (nSPS) is 13.4. The van der Waals surface area contributed by atoms with E-state index < -0.39 is 6.10 Å². The molecule has 0 bridgehead atoms. The molecule has 112 valence electrons. The van der Waals surface area contributed by atoms with Gasteiger partial charge < -0.3 is 14.8 Å². The molecule has 0 aromatic heterocycles. The maximum Gasteiger partial charge on any atom is 0.261 e. The van der Waals surface area contributed by atoms with Gasteiger partial charge in [0.25, 0.3) is 5.91 Å². The molecule has 1 amide bonds. The van der Waals surface area contributed by atoms with Crippen LogP contribution in [0.4, 0.5) is 0 Å². The molecule has 0 aliphatic heterocycles. The van der Waals surface area contributed by atoms with E-state index in [-0.39, 0.29) is 11.9 Å². The van der Waals surface area contributed by atoms with E-state index in [0.29, 0.717) is 17.9 Å². The molecule has 0 spiro atoms. The van der Waals surface area contributed by atoms with Crippen LogP contribution in [0.1, 0.15) is 40.0 Å². The fraction of sp³-hybridized carbons (Fsp3) is 0.562. The van der Waals surface area contributed by atoms with Crippen molar-refractivity contribution in [3.63, 3.8) is 0 Å². The van der Waals surface area contributed by atoms with Gasteiger partial charge in [-0.2, -0.15) is 0 Å². The van der Waals surface area contributed by atoms with E-state index in [9.17, 15) is 4.79 Å². The lowest BCUT2D eigenvalue weighted by molar-refractivity contribution is -0.128. The Morgan fingerprint density at radius 3 is 2.45 bits per heavy atom. The summed E-state index contributed by atoms with van der Waals surface area (Å²) in [7, 11) is 1.59. The Morgan fingerprint density at radius 1 is 1.25 bits per heavy atom. The van der Waals surface area contributed by atoms with Gasteiger partial charge >= 0.3 is 0 Å². The molecule has 4 heteroatoms. The quantitative estimate of drug-likeness (QED) is 0.795. The Labute approximate surface area is 121 Å². The predicted octanol–water partition coefficient (Wildman–Crippen LogP) is 3.16. The summed E-state index contributed by atoms with van der Waals surface area (Å²) >= 11 is 0. The van der Waals surface area contributed by atoms with Gasteiger partial charge in [-0.3, -0.25) is 4.79 Å². The second-order valence-corrected chi connectivity index (χ2v) is 4.86. The van der Waals surface area contributed by atoms with E-state index in [2.05, 4.69) is 12.2 Å². The SMILES string of the molecule is CCC[C@@H](C)NC(=O)[C@@H](CC)Oc1ccccc1OC. The highest BCUT2D eigenvalue weighted by atomic mass is 16.5. The third-order valence-electron chi connectivity index (χ3n) is 3.11. The fourth-order valence-electron chi connectivity index (χ4n) is 2.03. The van der Waals surface area contributed by atoms with Crippen molar-refractivity contribution in [1.82, 2.24) is 5.32 Å². The number of rotatable bonds is 8. The molecule has 20 heavy (non-hydrogen) atoms. The summed E-state index contributed by atoms with van der Waals surface area (Å²) in [5, 5.41) is 2.98. The van der Waals surface area contributed by atoms with E-state index in [0.717, 1.165) is 12.8 Å². The highest BCUT2D eigenvalue weighted by molar-refractivity contribution is 5.81. The van der Waals surface area contributed by atoms with Gasteiger partial charge in [0.2, 0.25) is 0 Å². The second-order valence-electron chi connectivity index (χ2n) is 4.86. The number of amides is 1. The molecule has 0 aliphatic rings.